The molecule has 0 aliphatic heterocycles. The second-order valence-electron chi connectivity index (χ2n) is 5.60. The van der Waals surface area contributed by atoms with Crippen LogP contribution in [0.1, 0.15) is 55.1 Å². The Balaban J connectivity index is 2.13. The summed E-state index contributed by atoms with van der Waals surface area (Å²) in [6.07, 6.45) is 5.72. The lowest BCUT2D eigenvalue weighted by Crippen LogP contribution is -2.47. The van der Waals surface area contributed by atoms with Gasteiger partial charge < -0.3 is 10.7 Å². The third-order valence-electron chi connectivity index (χ3n) is 3.74. The maximum absolute atomic E-state index is 12.3. The quantitative estimate of drug-likeness (QED) is 0.576. The summed E-state index contributed by atoms with van der Waals surface area (Å²) in [4.78, 5) is 16.5. The van der Waals surface area contributed by atoms with E-state index < -0.39 is 0 Å². The number of hydrogen-bond donors (Lipinski definition) is 3. The Morgan fingerprint density at radius 1 is 1.32 bits per heavy atom. The number of nitrogens with two attached hydrogens (primary N) is 1. The molecule has 0 spiro atoms. The molecule has 2 rings (SSSR count). The van der Waals surface area contributed by atoms with Crippen LogP contribution in [-0.4, -0.2) is 16.4 Å². The standard InChI is InChI=1S/C14H22N4O/c1-10-8-11(9-12(16-10)18-15)13(19)17-14(2)6-4-3-5-7-14/h8-9H,3-7,15H2,1-2H3,(H,16,18)(H,17,19). The lowest BCUT2D eigenvalue weighted by molar-refractivity contribution is 0.0882. The fraction of sp³-hybridized carbons (Fsp3) is 0.571. The number of rotatable bonds is 3. The van der Waals surface area contributed by atoms with Crippen molar-refractivity contribution >= 4 is 11.7 Å². The van der Waals surface area contributed by atoms with Crippen molar-refractivity contribution in [2.24, 2.45) is 5.84 Å². The van der Waals surface area contributed by atoms with Crippen LogP contribution in [0.5, 0.6) is 0 Å². The van der Waals surface area contributed by atoms with E-state index in [2.05, 4.69) is 22.7 Å². The van der Waals surface area contributed by atoms with E-state index in [1.165, 1.54) is 19.3 Å². The normalized spacial score (nSPS) is 17.8. The molecule has 0 saturated heterocycles. The molecule has 1 aliphatic carbocycles. The summed E-state index contributed by atoms with van der Waals surface area (Å²) in [6.45, 7) is 3.97. The van der Waals surface area contributed by atoms with E-state index in [0.29, 0.717) is 11.4 Å². The molecule has 104 valence electrons. The summed E-state index contributed by atoms with van der Waals surface area (Å²) in [6, 6.07) is 3.46. The number of carbonyl (C=O) groups excluding carboxylic acids is 1. The number of pyridine rings is 1. The number of carbonyl (C=O) groups is 1. The van der Waals surface area contributed by atoms with Crippen molar-refractivity contribution < 1.29 is 4.79 Å². The largest absolute Gasteiger partial charge is 0.347 e. The van der Waals surface area contributed by atoms with Crippen molar-refractivity contribution in [1.82, 2.24) is 10.3 Å². The Bertz CT molecular complexity index is 467. The number of nitrogens with zero attached hydrogens (tertiary/aromatic N) is 1. The van der Waals surface area contributed by atoms with Gasteiger partial charge in [0.1, 0.15) is 5.82 Å². The Hall–Kier alpha value is -1.62. The van der Waals surface area contributed by atoms with Crippen LogP contribution in [-0.2, 0) is 0 Å². The lowest BCUT2D eigenvalue weighted by atomic mass is 9.83. The zero-order valence-corrected chi connectivity index (χ0v) is 11.6. The zero-order valence-electron chi connectivity index (χ0n) is 11.6. The van der Waals surface area contributed by atoms with Crippen molar-refractivity contribution in [1.29, 1.82) is 0 Å². The first-order chi connectivity index (χ1) is 9.02. The highest BCUT2D eigenvalue weighted by molar-refractivity contribution is 5.95. The minimum absolute atomic E-state index is 0.0496. The van der Waals surface area contributed by atoms with E-state index in [0.717, 1.165) is 18.5 Å². The van der Waals surface area contributed by atoms with Crippen molar-refractivity contribution in [3.05, 3.63) is 23.4 Å². The van der Waals surface area contributed by atoms with Gasteiger partial charge in [0.05, 0.1) is 0 Å². The van der Waals surface area contributed by atoms with E-state index in [-0.39, 0.29) is 11.4 Å². The van der Waals surface area contributed by atoms with Crippen molar-refractivity contribution in [3.8, 4) is 0 Å². The molecule has 19 heavy (non-hydrogen) atoms. The van der Waals surface area contributed by atoms with Crippen molar-refractivity contribution in [2.45, 2.75) is 51.5 Å². The molecule has 1 aliphatic rings. The van der Waals surface area contributed by atoms with Gasteiger partial charge in [0.2, 0.25) is 0 Å². The Labute approximate surface area is 114 Å². The molecule has 1 fully saturated rings. The van der Waals surface area contributed by atoms with E-state index in [4.69, 9.17) is 5.84 Å². The molecule has 0 unspecified atom stereocenters. The molecule has 0 aromatic carbocycles. The Morgan fingerprint density at radius 3 is 2.63 bits per heavy atom. The van der Waals surface area contributed by atoms with Crippen LogP contribution in [0.4, 0.5) is 5.82 Å². The Kier molecular flexibility index (Phi) is 4.04. The third-order valence-corrected chi connectivity index (χ3v) is 3.74. The van der Waals surface area contributed by atoms with Crippen LogP contribution in [0.2, 0.25) is 0 Å². The summed E-state index contributed by atoms with van der Waals surface area (Å²) in [7, 11) is 0. The molecule has 1 aromatic rings. The lowest BCUT2D eigenvalue weighted by Gasteiger charge is -2.34. The molecule has 5 nitrogen and oxygen atoms in total. The number of aromatic nitrogens is 1. The van der Waals surface area contributed by atoms with Crippen LogP contribution >= 0.6 is 0 Å². The van der Waals surface area contributed by atoms with Gasteiger partial charge in [-0.15, -0.1) is 0 Å². The first-order valence-electron chi connectivity index (χ1n) is 6.80. The van der Waals surface area contributed by atoms with Gasteiger partial charge in [0, 0.05) is 16.8 Å². The van der Waals surface area contributed by atoms with E-state index in [9.17, 15) is 4.79 Å². The molecular weight excluding hydrogens is 240 g/mol. The van der Waals surface area contributed by atoms with Crippen molar-refractivity contribution in [3.63, 3.8) is 0 Å². The molecule has 1 saturated carbocycles. The highest BCUT2D eigenvalue weighted by Gasteiger charge is 2.28. The third kappa shape index (κ3) is 3.44. The van der Waals surface area contributed by atoms with Crippen LogP contribution in [0, 0.1) is 6.92 Å². The summed E-state index contributed by atoms with van der Waals surface area (Å²) >= 11 is 0. The van der Waals surface area contributed by atoms with E-state index in [1.54, 1.807) is 12.1 Å². The number of nitrogens with one attached hydrogen (secondary N) is 2. The van der Waals surface area contributed by atoms with Crippen molar-refractivity contribution in [2.75, 3.05) is 5.43 Å². The predicted molar refractivity (Wildman–Crippen MR) is 75.7 cm³/mol. The van der Waals surface area contributed by atoms with Crippen LogP contribution in [0.25, 0.3) is 0 Å². The molecule has 0 bridgehead atoms. The average Bonchev–Trinajstić information content (AvgIpc) is 2.38. The smallest absolute Gasteiger partial charge is 0.251 e. The number of amides is 1. The summed E-state index contributed by atoms with van der Waals surface area (Å²) in [5.41, 5.74) is 3.78. The highest BCUT2D eigenvalue weighted by atomic mass is 16.1. The summed E-state index contributed by atoms with van der Waals surface area (Å²) in [5, 5.41) is 3.15. The molecule has 1 aromatic heterocycles. The molecular formula is C14H22N4O. The second kappa shape index (κ2) is 5.57. The molecule has 0 radical (unpaired) electrons. The maximum Gasteiger partial charge on any atom is 0.251 e. The monoisotopic (exact) mass is 262 g/mol. The number of aryl methyl sites for hydroxylation is 1. The van der Waals surface area contributed by atoms with Gasteiger partial charge in [-0.3, -0.25) is 4.79 Å². The van der Waals surface area contributed by atoms with Crippen LogP contribution in [0.3, 0.4) is 0 Å². The second-order valence-corrected chi connectivity index (χ2v) is 5.60. The number of anilines is 1. The number of hydrogen-bond acceptors (Lipinski definition) is 4. The van der Waals surface area contributed by atoms with E-state index in [1.807, 2.05) is 6.92 Å². The van der Waals surface area contributed by atoms with Gasteiger partial charge in [0.15, 0.2) is 0 Å². The number of nitrogen functional groups attached to an aromatic ring is 1. The molecule has 4 N–H and O–H groups in total. The van der Waals surface area contributed by atoms with Gasteiger partial charge in [0.25, 0.3) is 5.91 Å². The molecule has 1 heterocycles. The molecule has 5 heteroatoms. The minimum Gasteiger partial charge on any atom is -0.347 e. The topological polar surface area (TPSA) is 80.0 Å². The fourth-order valence-electron chi connectivity index (χ4n) is 2.68. The van der Waals surface area contributed by atoms with Crippen LogP contribution in [0.15, 0.2) is 12.1 Å². The van der Waals surface area contributed by atoms with Gasteiger partial charge in [-0.2, -0.15) is 0 Å². The highest BCUT2D eigenvalue weighted by Crippen LogP contribution is 2.28. The maximum atomic E-state index is 12.3. The van der Waals surface area contributed by atoms with Gasteiger partial charge in [-0.25, -0.2) is 10.8 Å². The first-order valence-corrected chi connectivity index (χ1v) is 6.80. The molecule has 1 amide bonds. The van der Waals surface area contributed by atoms with Crippen LogP contribution < -0.4 is 16.6 Å². The molecule has 0 atom stereocenters. The average molecular weight is 262 g/mol. The zero-order chi connectivity index (χ0) is 13.9. The van der Waals surface area contributed by atoms with Gasteiger partial charge in [-0.05, 0) is 38.8 Å². The fourth-order valence-corrected chi connectivity index (χ4v) is 2.68. The minimum atomic E-state index is -0.0805. The van der Waals surface area contributed by atoms with Gasteiger partial charge >= 0.3 is 0 Å². The SMILES string of the molecule is Cc1cc(C(=O)NC2(C)CCCCC2)cc(NN)n1. The summed E-state index contributed by atoms with van der Waals surface area (Å²) in [5.74, 6) is 5.82. The van der Waals surface area contributed by atoms with E-state index >= 15 is 0 Å². The Morgan fingerprint density at radius 2 is 2.00 bits per heavy atom. The predicted octanol–water partition coefficient (Wildman–Crippen LogP) is 2.13. The van der Waals surface area contributed by atoms with Gasteiger partial charge in [-0.1, -0.05) is 19.3 Å². The summed E-state index contributed by atoms with van der Waals surface area (Å²) < 4.78 is 0. The first kappa shape index (κ1) is 13.8. The number of hydrazine groups is 1.